The molecule has 0 rings (SSSR count). The van der Waals surface area contributed by atoms with Crippen LogP contribution in [0.15, 0.2) is 4.99 Å². The molecule has 2 nitrogen and oxygen atoms in total. The zero-order valence-corrected chi connectivity index (χ0v) is 6.73. The summed E-state index contributed by atoms with van der Waals surface area (Å²) in [5.41, 5.74) is 0.0516. The summed E-state index contributed by atoms with van der Waals surface area (Å²) in [4.78, 5) is 4.13. The van der Waals surface area contributed by atoms with Crippen molar-refractivity contribution in [3.63, 3.8) is 0 Å². The molecule has 2 heteroatoms. The van der Waals surface area contributed by atoms with E-state index in [0.717, 1.165) is 6.54 Å². The van der Waals surface area contributed by atoms with Gasteiger partial charge in [-0.15, -0.1) is 0 Å². The summed E-state index contributed by atoms with van der Waals surface area (Å²) >= 11 is 0. The van der Waals surface area contributed by atoms with Gasteiger partial charge in [-0.2, -0.15) is 0 Å². The maximum Gasteiger partial charge on any atom is 0.0474 e. The minimum absolute atomic E-state index is 0.0516. The summed E-state index contributed by atoms with van der Waals surface area (Å²) in [5.74, 6) is 0. The average Bonchev–Trinajstić information content (AvgIpc) is 1.84. The summed E-state index contributed by atoms with van der Waals surface area (Å²) in [6.45, 7) is 7.08. The van der Waals surface area contributed by atoms with Crippen molar-refractivity contribution in [2.24, 2.45) is 4.99 Å². The average molecular weight is 128 g/mol. The van der Waals surface area contributed by atoms with Crippen molar-refractivity contribution in [3.05, 3.63) is 0 Å². The van der Waals surface area contributed by atoms with E-state index in [1.807, 2.05) is 20.2 Å². The number of hydrogen-bond donors (Lipinski definition) is 1. The summed E-state index contributed by atoms with van der Waals surface area (Å²) < 4.78 is 0. The van der Waals surface area contributed by atoms with Crippen molar-refractivity contribution >= 4 is 6.21 Å². The number of nitrogens with zero attached hydrogens (tertiary/aromatic N) is 1. The van der Waals surface area contributed by atoms with Gasteiger partial charge in [0.2, 0.25) is 0 Å². The summed E-state index contributed by atoms with van der Waals surface area (Å²) in [6.07, 6.45) is 1.94. The smallest absolute Gasteiger partial charge is 0.0474 e. The molecule has 0 aliphatic rings. The van der Waals surface area contributed by atoms with Crippen molar-refractivity contribution in [3.8, 4) is 0 Å². The van der Waals surface area contributed by atoms with E-state index in [-0.39, 0.29) is 5.54 Å². The van der Waals surface area contributed by atoms with Crippen molar-refractivity contribution in [1.29, 1.82) is 0 Å². The van der Waals surface area contributed by atoms with Crippen LogP contribution in [-0.4, -0.2) is 25.3 Å². The standard InChI is InChI=1S/C7H16N2/c1-5-9-6-7(2,3)8-4/h6,8H,5H2,1-4H3. The van der Waals surface area contributed by atoms with Crippen molar-refractivity contribution < 1.29 is 0 Å². The molecule has 0 aliphatic heterocycles. The van der Waals surface area contributed by atoms with Crippen LogP contribution < -0.4 is 5.32 Å². The molecular weight excluding hydrogens is 112 g/mol. The first-order valence-electron chi connectivity index (χ1n) is 3.32. The van der Waals surface area contributed by atoms with Crippen LogP contribution in [0.1, 0.15) is 20.8 Å². The third-order valence-electron chi connectivity index (χ3n) is 1.24. The predicted octanol–water partition coefficient (Wildman–Crippen LogP) is 1.08. The molecule has 0 atom stereocenters. The zero-order valence-electron chi connectivity index (χ0n) is 6.73. The molecule has 0 heterocycles. The van der Waals surface area contributed by atoms with Crippen molar-refractivity contribution in [2.75, 3.05) is 13.6 Å². The molecule has 0 bridgehead atoms. The highest BCUT2D eigenvalue weighted by atomic mass is 14.9. The second-order valence-corrected chi connectivity index (χ2v) is 2.60. The van der Waals surface area contributed by atoms with E-state index in [0.29, 0.717) is 0 Å². The Bertz CT molecular complexity index is 95.1. The largest absolute Gasteiger partial charge is 0.310 e. The number of hydrogen-bond acceptors (Lipinski definition) is 2. The quantitative estimate of drug-likeness (QED) is 0.565. The van der Waals surface area contributed by atoms with E-state index >= 15 is 0 Å². The fourth-order valence-corrected chi connectivity index (χ4v) is 0.384. The second kappa shape index (κ2) is 3.62. The van der Waals surface area contributed by atoms with Crippen LogP contribution in [0.25, 0.3) is 0 Å². The van der Waals surface area contributed by atoms with E-state index in [1.54, 1.807) is 0 Å². The van der Waals surface area contributed by atoms with E-state index in [9.17, 15) is 0 Å². The van der Waals surface area contributed by atoms with Gasteiger partial charge < -0.3 is 5.32 Å². The first-order valence-corrected chi connectivity index (χ1v) is 3.32. The van der Waals surface area contributed by atoms with Gasteiger partial charge in [-0.3, -0.25) is 4.99 Å². The Labute approximate surface area is 57.4 Å². The first kappa shape index (κ1) is 8.63. The molecule has 0 aromatic heterocycles. The highest BCUT2D eigenvalue weighted by Gasteiger charge is 2.08. The molecule has 9 heavy (non-hydrogen) atoms. The Hall–Kier alpha value is -0.370. The normalized spacial score (nSPS) is 12.9. The molecule has 0 amide bonds. The minimum Gasteiger partial charge on any atom is -0.310 e. The Balaban J connectivity index is 3.70. The SMILES string of the molecule is CCN=CC(C)(C)NC. The molecule has 0 aromatic rings. The molecule has 0 fully saturated rings. The number of aliphatic imine (C=N–C) groups is 1. The van der Waals surface area contributed by atoms with Gasteiger partial charge in [0.1, 0.15) is 0 Å². The van der Waals surface area contributed by atoms with Crippen LogP contribution in [-0.2, 0) is 0 Å². The van der Waals surface area contributed by atoms with Gasteiger partial charge in [0.15, 0.2) is 0 Å². The maximum atomic E-state index is 4.13. The van der Waals surface area contributed by atoms with Crippen LogP contribution in [0.2, 0.25) is 0 Å². The Morgan fingerprint density at radius 2 is 2.11 bits per heavy atom. The number of rotatable bonds is 3. The van der Waals surface area contributed by atoms with E-state index in [1.165, 1.54) is 0 Å². The van der Waals surface area contributed by atoms with E-state index in [4.69, 9.17) is 0 Å². The highest BCUT2D eigenvalue weighted by Crippen LogP contribution is 1.94. The molecule has 0 saturated heterocycles. The first-order chi connectivity index (χ1) is 4.12. The van der Waals surface area contributed by atoms with E-state index in [2.05, 4.69) is 24.2 Å². The van der Waals surface area contributed by atoms with Crippen LogP contribution in [0, 0.1) is 0 Å². The van der Waals surface area contributed by atoms with Gasteiger partial charge in [0.25, 0.3) is 0 Å². The Morgan fingerprint density at radius 3 is 2.44 bits per heavy atom. The second-order valence-electron chi connectivity index (χ2n) is 2.60. The van der Waals surface area contributed by atoms with Gasteiger partial charge in [0.05, 0.1) is 0 Å². The van der Waals surface area contributed by atoms with Crippen LogP contribution in [0.3, 0.4) is 0 Å². The van der Waals surface area contributed by atoms with Crippen LogP contribution in [0.4, 0.5) is 0 Å². The number of nitrogens with one attached hydrogen (secondary N) is 1. The monoisotopic (exact) mass is 128 g/mol. The van der Waals surface area contributed by atoms with Gasteiger partial charge in [-0.1, -0.05) is 0 Å². The molecule has 0 unspecified atom stereocenters. The lowest BCUT2D eigenvalue weighted by Crippen LogP contribution is -2.37. The third-order valence-corrected chi connectivity index (χ3v) is 1.24. The topological polar surface area (TPSA) is 24.4 Å². The summed E-state index contributed by atoms with van der Waals surface area (Å²) in [7, 11) is 1.93. The van der Waals surface area contributed by atoms with Gasteiger partial charge in [-0.25, -0.2) is 0 Å². The molecule has 0 saturated carbocycles. The lowest BCUT2D eigenvalue weighted by atomic mass is 10.1. The molecule has 0 spiro atoms. The maximum absolute atomic E-state index is 4.13. The Kier molecular flexibility index (Phi) is 3.47. The molecular formula is C7H16N2. The fourth-order valence-electron chi connectivity index (χ4n) is 0.384. The summed E-state index contributed by atoms with van der Waals surface area (Å²) in [5, 5.41) is 3.13. The summed E-state index contributed by atoms with van der Waals surface area (Å²) in [6, 6.07) is 0. The van der Waals surface area contributed by atoms with Gasteiger partial charge in [-0.05, 0) is 27.8 Å². The van der Waals surface area contributed by atoms with E-state index < -0.39 is 0 Å². The lowest BCUT2D eigenvalue weighted by Gasteiger charge is -2.17. The predicted molar refractivity (Wildman–Crippen MR) is 42.2 cm³/mol. The zero-order chi connectivity index (χ0) is 7.33. The molecule has 54 valence electrons. The molecule has 0 radical (unpaired) electrons. The molecule has 1 N–H and O–H groups in total. The molecule has 0 aromatic carbocycles. The minimum atomic E-state index is 0.0516. The Morgan fingerprint density at radius 1 is 1.56 bits per heavy atom. The third kappa shape index (κ3) is 4.15. The van der Waals surface area contributed by atoms with Crippen LogP contribution in [0.5, 0.6) is 0 Å². The van der Waals surface area contributed by atoms with Crippen molar-refractivity contribution in [1.82, 2.24) is 5.32 Å². The molecule has 0 aliphatic carbocycles. The van der Waals surface area contributed by atoms with Gasteiger partial charge in [0, 0.05) is 18.3 Å². The van der Waals surface area contributed by atoms with Crippen molar-refractivity contribution in [2.45, 2.75) is 26.3 Å². The lowest BCUT2D eigenvalue weighted by molar-refractivity contribution is 0.573. The highest BCUT2D eigenvalue weighted by molar-refractivity contribution is 5.68. The van der Waals surface area contributed by atoms with Gasteiger partial charge >= 0.3 is 0 Å². The fraction of sp³-hybridized carbons (Fsp3) is 0.857. The van der Waals surface area contributed by atoms with Crippen LogP contribution >= 0.6 is 0 Å².